The monoisotopic (exact) mass is 392 g/mol. The smallest absolute Gasteiger partial charge is 0.234 e. The van der Waals surface area contributed by atoms with Gasteiger partial charge in [-0.05, 0) is 13.3 Å². The van der Waals surface area contributed by atoms with Crippen molar-refractivity contribution < 1.29 is 23.7 Å². The van der Waals surface area contributed by atoms with Gasteiger partial charge < -0.3 is 40.6 Å². The molecule has 0 aliphatic rings. The van der Waals surface area contributed by atoms with E-state index < -0.39 is 0 Å². The van der Waals surface area contributed by atoms with Crippen molar-refractivity contribution in [2.45, 2.75) is 26.3 Å². The second-order valence-corrected chi connectivity index (χ2v) is 6.03. The fourth-order valence-electron chi connectivity index (χ4n) is 1.92. The molecule has 1 atom stereocenters. The summed E-state index contributed by atoms with van der Waals surface area (Å²) in [5.74, 6) is -0.00212. The van der Waals surface area contributed by atoms with Crippen molar-refractivity contribution in [3.05, 3.63) is 0 Å². The maximum atomic E-state index is 11.6. The highest BCUT2D eigenvalue weighted by Crippen LogP contribution is 1.85. The van der Waals surface area contributed by atoms with E-state index in [0.29, 0.717) is 85.1 Å². The minimum Gasteiger partial charge on any atom is -0.378 e. The zero-order valence-electron chi connectivity index (χ0n) is 17.1. The van der Waals surface area contributed by atoms with Gasteiger partial charge in [0.1, 0.15) is 0 Å². The van der Waals surface area contributed by atoms with Gasteiger partial charge in [-0.3, -0.25) is 4.79 Å². The number of carbonyl (C=O) groups excluding carboxylic acids is 1. The van der Waals surface area contributed by atoms with Gasteiger partial charge in [0, 0.05) is 32.2 Å². The Balaban J connectivity index is 3.14. The first-order valence-electron chi connectivity index (χ1n) is 9.92. The third-order valence-electron chi connectivity index (χ3n) is 3.64. The van der Waals surface area contributed by atoms with Crippen molar-refractivity contribution in [1.82, 2.24) is 16.0 Å². The number of ether oxygens (including phenoxy) is 4. The van der Waals surface area contributed by atoms with Gasteiger partial charge >= 0.3 is 0 Å². The predicted molar refractivity (Wildman–Crippen MR) is 106 cm³/mol. The van der Waals surface area contributed by atoms with Crippen molar-refractivity contribution >= 4 is 5.91 Å². The molecule has 0 bridgehead atoms. The van der Waals surface area contributed by atoms with E-state index in [9.17, 15) is 4.79 Å². The van der Waals surface area contributed by atoms with Gasteiger partial charge in [0.05, 0.1) is 59.4 Å². The molecule has 0 aromatic rings. The maximum absolute atomic E-state index is 11.6. The Morgan fingerprint density at radius 3 is 1.96 bits per heavy atom. The number of carbonyl (C=O) groups is 1. The lowest BCUT2D eigenvalue weighted by molar-refractivity contribution is -0.120. The summed E-state index contributed by atoms with van der Waals surface area (Å²) in [7, 11) is 0. The van der Waals surface area contributed by atoms with E-state index in [-0.39, 0.29) is 5.91 Å². The Kier molecular flexibility index (Phi) is 20.8. The predicted octanol–water partition coefficient (Wildman–Crippen LogP) is -0.895. The van der Waals surface area contributed by atoms with E-state index in [1.807, 2.05) is 0 Å². The van der Waals surface area contributed by atoms with Crippen molar-refractivity contribution in [2.75, 3.05) is 85.6 Å². The minimum atomic E-state index is -0.00212. The average molecular weight is 393 g/mol. The fourth-order valence-corrected chi connectivity index (χ4v) is 1.92. The van der Waals surface area contributed by atoms with Crippen LogP contribution in [-0.4, -0.2) is 97.5 Å². The van der Waals surface area contributed by atoms with Gasteiger partial charge in [0.15, 0.2) is 0 Å². The summed E-state index contributed by atoms with van der Waals surface area (Å²) in [4.78, 5) is 11.6. The van der Waals surface area contributed by atoms with Gasteiger partial charge in [-0.15, -0.1) is 0 Å². The van der Waals surface area contributed by atoms with Crippen molar-refractivity contribution in [3.63, 3.8) is 0 Å². The van der Waals surface area contributed by atoms with Crippen LogP contribution in [0.15, 0.2) is 0 Å². The normalized spacial score (nSPS) is 12.3. The largest absolute Gasteiger partial charge is 0.378 e. The molecule has 9 heteroatoms. The highest BCUT2D eigenvalue weighted by atomic mass is 16.6. The van der Waals surface area contributed by atoms with Crippen LogP contribution in [-0.2, 0) is 23.7 Å². The molecule has 0 spiro atoms. The topological polar surface area (TPSA) is 116 Å². The lowest BCUT2D eigenvalue weighted by Crippen LogP contribution is -2.40. The lowest BCUT2D eigenvalue weighted by Gasteiger charge is -2.12. The molecule has 0 aromatic carbocycles. The molecule has 5 N–H and O–H groups in total. The molecule has 0 saturated carbocycles. The number of hydrogen-bond acceptors (Lipinski definition) is 8. The van der Waals surface area contributed by atoms with Crippen LogP contribution in [0.1, 0.15) is 20.3 Å². The van der Waals surface area contributed by atoms with Crippen molar-refractivity contribution in [1.29, 1.82) is 0 Å². The Hall–Kier alpha value is -0.810. The fraction of sp³-hybridized carbons (Fsp3) is 0.944. The molecule has 0 aromatic heterocycles. The maximum Gasteiger partial charge on any atom is 0.234 e. The summed E-state index contributed by atoms with van der Waals surface area (Å²) in [5, 5.41) is 9.23. The van der Waals surface area contributed by atoms with Crippen molar-refractivity contribution in [2.24, 2.45) is 5.73 Å². The molecule has 0 aliphatic carbocycles. The molecule has 1 unspecified atom stereocenters. The molecule has 0 rings (SSSR count). The molecule has 0 aliphatic heterocycles. The summed E-state index contributed by atoms with van der Waals surface area (Å²) in [6.45, 7) is 11.5. The van der Waals surface area contributed by atoms with Gasteiger partial charge in [-0.2, -0.15) is 0 Å². The number of rotatable bonds is 21. The van der Waals surface area contributed by atoms with Gasteiger partial charge in [-0.1, -0.05) is 6.92 Å². The molecule has 9 nitrogen and oxygen atoms in total. The van der Waals surface area contributed by atoms with E-state index in [4.69, 9.17) is 24.7 Å². The molecular formula is C18H40N4O5. The van der Waals surface area contributed by atoms with Crippen LogP contribution in [0.5, 0.6) is 0 Å². The molecular weight excluding hydrogens is 352 g/mol. The van der Waals surface area contributed by atoms with Gasteiger partial charge in [-0.25, -0.2) is 0 Å². The summed E-state index contributed by atoms with van der Waals surface area (Å²) in [6.07, 6.45) is 1.08. The molecule has 1 amide bonds. The van der Waals surface area contributed by atoms with Crippen LogP contribution >= 0.6 is 0 Å². The van der Waals surface area contributed by atoms with Crippen LogP contribution in [0.25, 0.3) is 0 Å². The first-order chi connectivity index (χ1) is 13.2. The zero-order valence-corrected chi connectivity index (χ0v) is 17.1. The zero-order chi connectivity index (χ0) is 20.0. The third kappa shape index (κ3) is 21.3. The summed E-state index contributed by atoms with van der Waals surface area (Å²) in [5.41, 5.74) is 5.30. The minimum absolute atomic E-state index is 0.00212. The quantitative estimate of drug-likeness (QED) is 0.186. The van der Waals surface area contributed by atoms with E-state index in [2.05, 4.69) is 29.8 Å². The van der Waals surface area contributed by atoms with E-state index in [1.54, 1.807) is 0 Å². The highest BCUT2D eigenvalue weighted by molar-refractivity contribution is 5.77. The molecule has 0 radical (unpaired) electrons. The first-order valence-corrected chi connectivity index (χ1v) is 9.92. The summed E-state index contributed by atoms with van der Waals surface area (Å²) < 4.78 is 21.3. The highest BCUT2D eigenvalue weighted by Gasteiger charge is 2.01. The van der Waals surface area contributed by atoms with Crippen LogP contribution in [0.2, 0.25) is 0 Å². The number of nitrogens with two attached hydrogens (primary N) is 1. The molecule has 0 saturated heterocycles. The van der Waals surface area contributed by atoms with Gasteiger partial charge in [0.2, 0.25) is 5.91 Å². The standard InChI is InChI=1S/C18H40N4O5/c1-3-17(2)21-5-6-22-18(23)16-20-7-9-25-11-13-27-15-14-26-12-10-24-8-4-19/h17,20-21H,3-16,19H2,1-2H3,(H,22,23). The SMILES string of the molecule is CCC(C)NCCNC(=O)CNCCOCCOCCOCCOCCN. The second-order valence-electron chi connectivity index (χ2n) is 6.03. The van der Waals surface area contributed by atoms with Crippen LogP contribution < -0.4 is 21.7 Å². The van der Waals surface area contributed by atoms with E-state index in [0.717, 1.165) is 13.0 Å². The number of hydrogen-bond donors (Lipinski definition) is 4. The summed E-state index contributed by atoms with van der Waals surface area (Å²) in [6, 6.07) is 0.481. The van der Waals surface area contributed by atoms with Crippen LogP contribution in [0.4, 0.5) is 0 Å². The number of amides is 1. The Morgan fingerprint density at radius 2 is 1.41 bits per heavy atom. The number of nitrogens with one attached hydrogen (secondary N) is 3. The average Bonchev–Trinajstić information content (AvgIpc) is 2.68. The van der Waals surface area contributed by atoms with Gasteiger partial charge in [0.25, 0.3) is 0 Å². The first kappa shape index (κ1) is 26.2. The third-order valence-corrected chi connectivity index (χ3v) is 3.64. The van der Waals surface area contributed by atoms with Crippen molar-refractivity contribution in [3.8, 4) is 0 Å². The molecule has 162 valence electrons. The Bertz CT molecular complexity index is 324. The van der Waals surface area contributed by atoms with E-state index in [1.165, 1.54) is 0 Å². The molecule has 0 heterocycles. The molecule has 27 heavy (non-hydrogen) atoms. The second kappa shape index (κ2) is 21.5. The van der Waals surface area contributed by atoms with E-state index >= 15 is 0 Å². The van der Waals surface area contributed by atoms with Crippen LogP contribution in [0.3, 0.4) is 0 Å². The summed E-state index contributed by atoms with van der Waals surface area (Å²) >= 11 is 0. The Labute approximate surface area is 164 Å². The molecule has 0 fully saturated rings. The Morgan fingerprint density at radius 1 is 0.852 bits per heavy atom. The lowest BCUT2D eigenvalue weighted by atomic mass is 10.2. The van der Waals surface area contributed by atoms with Crippen LogP contribution in [0, 0.1) is 0 Å².